The van der Waals surface area contributed by atoms with E-state index in [9.17, 15) is 14.7 Å². The maximum atomic E-state index is 11.2. The molecule has 1 unspecified atom stereocenters. The van der Waals surface area contributed by atoms with Crippen molar-refractivity contribution in [3.05, 3.63) is 29.8 Å². The highest BCUT2D eigenvalue weighted by molar-refractivity contribution is 5.83. The van der Waals surface area contributed by atoms with Crippen molar-refractivity contribution in [3.63, 3.8) is 0 Å². The van der Waals surface area contributed by atoms with Gasteiger partial charge in [-0.3, -0.25) is 4.79 Å². The molecule has 86 valence electrons. The summed E-state index contributed by atoms with van der Waals surface area (Å²) in [6.07, 6.45) is 0.580. The number of hydrogen-bond donors (Lipinski definition) is 3. The van der Waals surface area contributed by atoms with E-state index in [0.717, 1.165) is 0 Å². The monoisotopic (exact) mass is 223 g/mol. The van der Waals surface area contributed by atoms with Gasteiger partial charge in [0.25, 0.3) is 0 Å². The first kappa shape index (κ1) is 12.0. The van der Waals surface area contributed by atoms with E-state index in [1.807, 2.05) is 0 Å². The van der Waals surface area contributed by atoms with Crippen LogP contribution in [0.3, 0.4) is 0 Å². The van der Waals surface area contributed by atoms with Crippen LogP contribution in [-0.2, 0) is 15.1 Å². The molecule has 1 atom stereocenters. The Morgan fingerprint density at radius 2 is 2.00 bits per heavy atom. The predicted molar refractivity (Wildman–Crippen MR) is 56.9 cm³/mol. The van der Waals surface area contributed by atoms with Crippen molar-refractivity contribution < 1.29 is 19.8 Å². The highest BCUT2D eigenvalue weighted by atomic mass is 16.4. The summed E-state index contributed by atoms with van der Waals surface area (Å²) in [6.45, 7) is 1.66. The Balaban J connectivity index is 3.23. The van der Waals surface area contributed by atoms with Crippen molar-refractivity contribution in [2.24, 2.45) is 0 Å². The van der Waals surface area contributed by atoms with Crippen LogP contribution in [0.25, 0.3) is 0 Å². The van der Waals surface area contributed by atoms with Crippen LogP contribution >= 0.6 is 0 Å². The van der Waals surface area contributed by atoms with Gasteiger partial charge in [-0.25, -0.2) is 4.79 Å². The summed E-state index contributed by atoms with van der Waals surface area (Å²) >= 11 is 0. The first-order chi connectivity index (χ1) is 7.56. The van der Waals surface area contributed by atoms with Crippen LogP contribution in [0.5, 0.6) is 5.75 Å². The zero-order valence-electron chi connectivity index (χ0n) is 8.80. The first-order valence-corrected chi connectivity index (χ1v) is 4.81. The van der Waals surface area contributed by atoms with Crippen LogP contribution in [0.2, 0.25) is 0 Å². The number of carboxylic acids is 1. The highest BCUT2D eigenvalue weighted by Crippen LogP contribution is 2.26. The van der Waals surface area contributed by atoms with Crippen LogP contribution < -0.4 is 5.32 Å². The summed E-state index contributed by atoms with van der Waals surface area (Å²) in [5, 5.41) is 20.6. The van der Waals surface area contributed by atoms with Gasteiger partial charge in [-0.05, 0) is 24.1 Å². The fraction of sp³-hybridized carbons (Fsp3) is 0.273. The molecule has 0 saturated carbocycles. The van der Waals surface area contributed by atoms with E-state index >= 15 is 0 Å². The SMILES string of the molecule is CCC(NC=O)(C(=O)O)c1ccc(O)cc1. The lowest BCUT2D eigenvalue weighted by Crippen LogP contribution is -2.48. The van der Waals surface area contributed by atoms with Gasteiger partial charge >= 0.3 is 5.97 Å². The standard InChI is InChI=1S/C11H13NO4/c1-2-11(10(15)16,12-7-13)8-3-5-9(14)6-4-8/h3-7,14H,2H2,1H3,(H,12,13)(H,15,16). The quantitative estimate of drug-likeness (QED) is 0.645. The second kappa shape index (κ2) is 4.65. The fourth-order valence-corrected chi connectivity index (χ4v) is 1.57. The molecule has 1 aromatic rings. The first-order valence-electron chi connectivity index (χ1n) is 4.81. The average molecular weight is 223 g/mol. The average Bonchev–Trinajstić information content (AvgIpc) is 2.27. The third kappa shape index (κ3) is 1.98. The molecule has 0 aromatic heterocycles. The molecule has 0 aliphatic carbocycles. The molecule has 1 rings (SSSR count). The van der Waals surface area contributed by atoms with Crippen molar-refractivity contribution in [1.29, 1.82) is 0 Å². The molecule has 0 aliphatic heterocycles. The number of rotatable bonds is 5. The molecule has 0 spiro atoms. The van der Waals surface area contributed by atoms with E-state index in [0.29, 0.717) is 12.0 Å². The van der Waals surface area contributed by atoms with Crippen LogP contribution in [0.15, 0.2) is 24.3 Å². The highest BCUT2D eigenvalue weighted by Gasteiger charge is 2.38. The molecular formula is C11H13NO4. The van der Waals surface area contributed by atoms with Gasteiger partial charge in [0.2, 0.25) is 6.41 Å². The summed E-state index contributed by atoms with van der Waals surface area (Å²) in [6, 6.07) is 5.72. The molecule has 1 amide bonds. The van der Waals surface area contributed by atoms with E-state index < -0.39 is 11.5 Å². The predicted octanol–water partition coefficient (Wildman–Crippen LogP) is 0.828. The van der Waals surface area contributed by atoms with Gasteiger partial charge in [0, 0.05) is 0 Å². The number of benzene rings is 1. The minimum Gasteiger partial charge on any atom is -0.508 e. The number of nitrogens with one attached hydrogen (secondary N) is 1. The zero-order chi connectivity index (χ0) is 12.2. The van der Waals surface area contributed by atoms with E-state index in [-0.39, 0.29) is 12.2 Å². The molecule has 5 nitrogen and oxygen atoms in total. The minimum absolute atomic E-state index is 0.0465. The summed E-state index contributed by atoms with van der Waals surface area (Å²) in [5.41, 5.74) is -1.01. The van der Waals surface area contributed by atoms with E-state index in [2.05, 4.69) is 5.32 Å². The maximum Gasteiger partial charge on any atom is 0.334 e. The van der Waals surface area contributed by atoms with Gasteiger partial charge in [0.05, 0.1) is 0 Å². The number of aliphatic carboxylic acids is 1. The molecule has 16 heavy (non-hydrogen) atoms. The lowest BCUT2D eigenvalue weighted by molar-refractivity contribution is -0.147. The van der Waals surface area contributed by atoms with Gasteiger partial charge in [-0.1, -0.05) is 19.1 Å². The summed E-state index contributed by atoms with van der Waals surface area (Å²) in [4.78, 5) is 21.7. The van der Waals surface area contributed by atoms with Crippen molar-refractivity contribution in [1.82, 2.24) is 5.32 Å². The van der Waals surface area contributed by atoms with Crippen LogP contribution in [0.4, 0.5) is 0 Å². The van der Waals surface area contributed by atoms with Gasteiger partial charge in [-0.2, -0.15) is 0 Å². The molecule has 0 saturated heterocycles. The number of amides is 1. The van der Waals surface area contributed by atoms with Crippen molar-refractivity contribution in [2.75, 3.05) is 0 Å². The van der Waals surface area contributed by atoms with Gasteiger partial charge in [0.1, 0.15) is 5.75 Å². The lowest BCUT2D eigenvalue weighted by Gasteiger charge is -2.27. The third-order valence-corrected chi connectivity index (χ3v) is 2.56. The topological polar surface area (TPSA) is 86.6 Å². The third-order valence-electron chi connectivity index (χ3n) is 2.56. The second-order valence-electron chi connectivity index (χ2n) is 3.37. The lowest BCUT2D eigenvalue weighted by atomic mass is 9.87. The Morgan fingerprint density at radius 3 is 2.38 bits per heavy atom. The zero-order valence-corrected chi connectivity index (χ0v) is 8.80. The summed E-state index contributed by atoms with van der Waals surface area (Å²) in [5.74, 6) is -1.09. The van der Waals surface area contributed by atoms with E-state index in [1.54, 1.807) is 6.92 Å². The number of carboxylic acid groups (broad SMARTS) is 1. The molecule has 0 heterocycles. The molecule has 1 aromatic carbocycles. The van der Waals surface area contributed by atoms with Crippen LogP contribution in [0.1, 0.15) is 18.9 Å². The van der Waals surface area contributed by atoms with Crippen LogP contribution in [-0.4, -0.2) is 22.6 Å². The van der Waals surface area contributed by atoms with Gasteiger partial charge < -0.3 is 15.5 Å². The number of carbonyl (C=O) groups excluding carboxylic acids is 1. The largest absolute Gasteiger partial charge is 0.508 e. The smallest absolute Gasteiger partial charge is 0.334 e. The maximum absolute atomic E-state index is 11.2. The summed E-state index contributed by atoms with van der Waals surface area (Å²) < 4.78 is 0. The molecule has 0 fully saturated rings. The van der Waals surface area contributed by atoms with Crippen LogP contribution in [0, 0.1) is 0 Å². The van der Waals surface area contributed by atoms with Crippen molar-refractivity contribution in [2.45, 2.75) is 18.9 Å². The van der Waals surface area contributed by atoms with Crippen molar-refractivity contribution in [3.8, 4) is 5.75 Å². The Morgan fingerprint density at radius 1 is 1.44 bits per heavy atom. The Bertz CT molecular complexity index is 387. The normalized spacial score (nSPS) is 13.8. The summed E-state index contributed by atoms with van der Waals surface area (Å²) in [7, 11) is 0. The van der Waals surface area contributed by atoms with E-state index in [4.69, 9.17) is 5.11 Å². The number of hydrogen-bond acceptors (Lipinski definition) is 3. The Hall–Kier alpha value is -2.04. The fourth-order valence-electron chi connectivity index (χ4n) is 1.57. The number of phenolic OH excluding ortho intramolecular Hbond substituents is 1. The molecular weight excluding hydrogens is 210 g/mol. The van der Waals surface area contributed by atoms with E-state index in [1.165, 1.54) is 24.3 Å². The number of carbonyl (C=O) groups is 2. The van der Waals surface area contributed by atoms with Gasteiger partial charge in [-0.15, -0.1) is 0 Å². The second-order valence-corrected chi connectivity index (χ2v) is 3.37. The Labute approximate surface area is 92.7 Å². The molecule has 5 heteroatoms. The molecule has 0 radical (unpaired) electrons. The minimum atomic E-state index is -1.44. The molecule has 0 bridgehead atoms. The molecule has 3 N–H and O–H groups in total. The number of phenols is 1. The molecule has 0 aliphatic rings. The Kier molecular flexibility index (Phi) is 3.50. The van der Waals surface area contributed by atoms with Crippen molar-refractivity contribution >= 4 is 12.4 Å². The van der Waals surface area contributed by atoms with Gasteiger partial charge in [0.15, 0.2) is 5.54 Å². The number of aromatic hydroxyl groups is 1.